The molecule has 0 radical (unpaired) electrons. The number of hydrogen-bond acceptors (Lipinski definition) is 6. The number of aryl methyl sites for hydroxylation is 1. The lowest BCUT2D eigenvalue weighted by Gasteiger charge is -2.37. The highest BCUT2D eigenvalue weighted by molar-refractivity contribution is 7.99. The van der Waals surface area contributed by atoms with Crippen LogP contribution in [0.5, 0.6) is 0 Å². The van der Waals surface area contributed by atoms with Gasteiger partial charge in [0.25, 0.3) is 5.56 Å². The van der Waals surface area contributed by atoms with Gasteiger partial charge in [0.05, 0.1) is 13.2 Å². The number of thioether (sulfide) groups is 1. The Balaban J connectivity index is 1.27. The third-order valence-electron chi connectivity index (χ3n) is 6.23. The third kappa shape index (κ3) is 5.24. The molecule has 0 N–H and O–H groups in total. The van der Waals surface area contributed by atoms with E-state index >= 15 is 0 Å². The van der Waals surface area contributed by atoms with Crippen LogP contribution in [-0.2, 0) is 27.7 Å². The number of piperidine rings is 1. The van der Waals surface area contributed by atoms with E-state index < -0.39 is 5.79 Å². The van der Waals surface area contributed by atoms with E-state index in [4.69, 9.17) is 9.47 Å². The first kappa shape index (κ1) is 23.0. The monoisotopic (exact) mass is 457 g/mol. The molecule has 2 aromatic rings. The molecule has 2 fully saturated rings. The summed E-state index contributed by atoms with van der Waals surface area (Å²) in [4.78, 5) is 32.1. The first-order valence-electron chi connectivity index (χ1n) is 11.3. The van der Waals surface area contributed by atoms with Gasteiger partial charge in [-0.25, -0.2) is 4.98 Å². The average molecular weight is 458 g/mol. The van der Waals surface area contributed by atoms with E-state index in [1.165, 1.54) is 11.8 Å². The van der Waals surface area contributed by atoms with Crippen LogP contribution in [0.4, 0.5) is 0 Å². The maximum absolute atomic E-state index is 12.9. The van der Waals surface area contributed by atoms with Gasteiger partial charge >= 0.3 is 0 Å². The molecule has 172 valence electrons. The number of ether oxygens (including phenoxy) is 2. The molecule has 8 heteroatoms. The van der Waals surface area contributed by atoms with Gasteiger partial charge in [-0.15, -0.1) is 0 Å². The quantitative estimate of drug-likeness (QED) is 0.362. The van der Waals surface area contributed by atoms with E-state index in [-0.39, 0.29) is 11.5 Å². The SMILES string of the molecule is Cc1nc(SCCCC(=O)N2CCC3(CC2)OCCO3)n(C)c(=O)c1Cc1ccccc1. The molecular formula is C24H31N3O4S. The minimum absolute atomic E-state index is 0.00136. The van der Waals surface area contributed by atoms with E-state index in [2.05, 4.69) is 4.98 Å². The Hall–Kier alpha value is -2.16. The number of likely N-dealkylation sites (tertiary alicyclic amines) is 1. The average Bonchev–Trinajstić information content (AvgIpc) is 3.26. The van der Waals surface area contributed by atoms with E-state index in [0.29, 0.717) is 44.3 Å². The molecule has 0 bridgehead atoms. The van der Waals surface area contributed by atoms with Gasteiger partial charge in [0.2, 0.25) is 5.91 Å². The molecule has 2 saturated heterocycles. The van der Waals surface area contributed by atoms with Gasteiger partial charge in [-0.1, -0.05) is 42.1 Å². The molecule has 4 rings (SSSR count). The Morgan fingerprint density at radius 3 is 2.53 bits per heavy atom. The number of hydrogen-bond donors (Lipinski definition) is 0. The minimum Gasteiger partial charge on any atom is -0.347 e. The van der Waals surface area contributed by atoms with Crippen LogP contribution in [0.25, 0.3) is 0 Å². The molecule has 0 unspecified atom stereocenters. The van der Waals surface area contributed by atoms with Crippen LogP contribution in [-0.4, -0.2) is 58.2 Å². The summed E-state index contributed by atoms with van der Waals surface area (Å²) >= 11 is 1.54. The van der Waals surface area contributed by atoms with Gasteiger partial charge in [-0.05, 0) is 18.9 Å². The van der Waals surface area contributed by atoms with Crippen molar-refractivity contribution in [2.45, 2.75) is 50.0 Å². The second-order valence-corrected chi connectivity index (χ2v) is 9.49. The highest BCUT2D eigenvalue weighted by Crippen LogP contribution is 2.31. The third-order valence-corrected chi connectivity index (χ3v) is 7.35. The maximum Gasteiger partial charge on any atom is 0.257 e. The van der Waals surface area contributed by atoms with Crippen molar-refractivity contribution < 1.29 is 14.3 Å². The molecule has 32 heavy (non-hydrogen) atoms. The lowest BCUT2D eigenvalue weighted by Crippen LogP contribution is -2.47. The Labute approximate surface area is 193 Å². The summed E-state index contributed by atoms with van der Waals surface area (Å²) in [6, 6.07) is 9.97. The minimum atomic E-state index is -0.451. The molecule has 0 saturated carbocycles. The van der Waals surface area contributed by atoms with Crippen LogP contribution in [0.15, 0.2) is 40.3 Å². The fraction of sp³-hybridized carbons (Fsp3) is 0.542. The maximum atomic E-state index is 12.9. The molecule has 2 aliphatic rings. The van der Waals surface area contributed by atoms with Crippen molar-refractivity contribution in [2.24, 2.45) is 7.05 Å². The van der Waals surface area contributed by atoms with Crippen molar-refractivity contribution in [2.75, 3.05) is 32.1 Å². The number of aromatic nitrogens is 2. The van der Waals surface area contributed by atoms with E-state index in [9.17, 15) is 9.59 Å². The van der Waals surface area contributed by atoms with E-state index in [0.717, 1.165) is 41.8 Å². The zero-order chi connectivity index (χ0) is 22.6. The summed E-state index contributed by atoms with van der Waals surface area (Å²) in [5, 5.41) is 0.701. The molecule has 1 spiro atoms. The molecule has 0 atom stereocenters. The Morgan fingerprint density at radius 1 is 1.16 bits per heavy atom. The van der Waals surface area contributed by atoms with Gasteiger partial charge in [0.15, 0.2) is 10.9 Å². The van der Waals surface area contributed by atoms with Gasteiger partial charge in [0, 0.05) is 62.8 Å². The van der Waals surface area contributed by atoms with Crippen molar-refractivity contribution in [1.82, 2.24) is 14.5 Å². The topological polar surface area (TPSA) is 73.7 Å². The lowest BCUT2D eigenvalue weighted by molar-refractivity contribution is -0.187. The van der Waals surface area contributed by atoms with Crippen molar-refractivity contribution in [3.63, 3.8) is 0 Å². The number of rotatable bonds is 7. The number of amides is 1. The van der Waals surface area contributed by atoms with Crippen LogP contribution in [0.3, 0.4) is 0 Å². The second-order valence-electron chi connectivity index (χ2n) is 8.43. The number of carbonyl (C=O) groups is 1. The number of carbonyl (C=O) groups excluding carboxylic acids is 1. The highest BCUT2D eigenvalue weighted by atomic mass is 32.2. The van der Waals surface area contributed by atoms with E-state index in [1.54, 1.807) is 11.6 Å². The fourth-order valence-electron chi connectivity index (χ4n) is 4.29. The smallest absolute Gasteiger partial charge is 0.257 e. The molecule has 1 aromatic heterocycles. The molecule has 3 heterocycles. The first-order chi connectivity index (χ1) is 15.5. The van der Waals surface area contributed by atoms with Crippen molar-refractivity contribution in [3.05, 3.63) is 57.5 Å². The van der Waals surface area contributed by atoms with Crippen LogP contribution in [0.2, 0.25) is 0 Å². The van der Waals surface area contributed by atoms with Crippen LogP contribution < -0.4 is 5.56 Å². The standard InChI is InChI=1S/C24H31N3O4S/c1-18-20(17-19-7-4-3-5-8-19)22(29)26(2)23(25-18)32-16-6-9-21(28)27-12-10-24(11-13-27)30-14-15-31-24/h3-5,7-8H,6,9-17H2,1-2H3. The molecule has 2 aliphatic heterocycles. The summed E-state index contributed by atoms with van der Waals surface area (Å²) in [5.74, 6) is 0.468. The molecule has 0 aliphatic carbocycles. The summed E-state index contributed by atoms with van der Waals surface area (Å²) in [7, 11) is 1.77. The van der Waals surface area contributed by atoms with Gasteiger partial charge in [-0.2, -0.15) is 0 Å². The largest absolute Gasteiger partial charge is 0.347 e. The lowest BCUT2D eigenvalue weighted by atomic mass is 10.0. The fourth-order valence-corrected chi connectivity index (χ4v) is 5.24. The van der Waals surface area contributed by atoms with Crippen molar-refractivity contribution in [1.29, 1.82) is 0 Å². The van der Waals surface area contributed by atoms with Crippen LogP contribution in [0, 0.1) is 6.92 Å². The van der Waals surface area contributed by atoms with Crippen LogP contribution >= 0.6 is 11.8 Å². The number of nitrogens with zero attached hydrogens (tertiary/aromatic N) is 3. The Morgan fingerprint density at radius 2 is 1.84 bits per heavy atom. The van der Waals surface area contributed by atoms with Crippen molar-refractivity contribution in [3.8, 4) is 0 Å². The van der Waals surface area contributed by atoms with Crippen LogP contribution in [0.1, 0.15) is 42.5 Å². The predicted octanol–water partition coefficient (Wildman–Crippen LogP) is 2.92. The Bertz CT molecular complexity index is 992. The van der Waals surface area contributed by atoms with Gasteiger partial charge < -0.3 is 14.4 Å². The molecule has 1 amide bonds. The summed E-state index contributed by atoms with van der Waals surface area (Å²) in [6.45, 7) is 4.56. The number of benzene rings is 1. The van der Waals surface area contributed by atoms with E-state index in [1.807, 2.05) is 42.2 Å². The molecular weight excluding hydrogens is 426 g/mol. The van der Waals surface area contributed by atoms with Gasteiger partial charge in [0.1, 0.15) is 0 Å². The second kappa shape index (κ2) is 10.2. The van der Waals surface area contributed by atoms with Gasteiger partial charge in [-0.3, -0.25) is 14.2 Å². The summed E-state index contributed by atoms with van der Waals surface area (Å²) in [6.07, 6.45) is 3.32. The molecule has 7 nitrogen and oxygen atoms in total. The zero-order valence-corrected chi connectivity index (χ0v) is 19.7. The summed E-state index contributed by atoms with van der Waals surface area (Å²) in [5.41, 5.74) is 2.60. The summed E-state index contributed by atoms with van der Waals surface area (Å²) < 4.78 is 13.1. The zero-order valence-electron chi connectivity index (χ0n) is 18.8. The Kier molecular flexibility index (Phi) is 7.33. The highest BCUT2D eigenvalue weighted by Gasteiger charge is 2.40. The first-order valence-corrected chi connectivity index (χ1v) is 12.2. The van der Waals surface area contributed by atoms with Crippen molar-refractivity contribution >= 4 is 17.7 Å². The normalized spacial score (nSPS) is 17.8. The predicted molar refractivity (Wildman–Crippen MR) is 124 cm³/mol. The molecule has 1 aromatic carbocycles.